The van der Waals surface area contributed by atoms with Crippen LogP contribution in [0.2, 0.25) is 0 Å². The molecular weight excluding hydrogens is 412 g/mol. The third-order valence-electron chi connectivity index (χ3n) is 6.42. The topological polar surface area (TPSA) is 71.3 Å². The number of primary amides is 1. The van der Waals surface area contributed by atoms with Crippen molar-refractivity contribution in [2.75, 3.05) is 13.2 Å². The molecule has 1 aliphatic heterocycles. The van der Waals surface area contributed by atoms with Gasteiger partial charge in [-0.2, -0.15) is 0 Å². The fraction of sp³-hybridized carbons (Fsp3) is 0.400. The largest absolute Gasteiger partial charge is 0.489 e. The minimum atomic E-state index is -0.577. The Labute approximate surface area is 186 Å². The minimum Gasteiger partial charge on any atom is -0.489 e. The number of benzene rings is 2. The normalized spacial score (nSPS) is 16.7. The number of nitrogens with one attached hydrogen (secondary N) is 1. The number of hydrogen-bond acceptors (Lipinski definition) is 3. The highest BCUT2D eigenvalue weighted by Gasteiger charge is 2.32. The number of aryl methyl sites for hydroxylation is 1. The van der Waals surface area contributed by atoms with Crippen molar-refractivity contribution in [1.82, 2.24) is 9.88 Å². The number of rotatable bonds is 8. The molecule has 2 aromatic carbocycles. The molecule has 0 radical (unpaired) electrons. The van der Waals surface area contributed by atoms with Crippen LogP contribution >= 0.6 is 0 Å². The Morgan fingerprint density at radius 1 is 1.31 bits per heavy atom. The molecule has 1 aliphatic rings. The van der Waals surface area contributed by atoms with Crippen LogP contribution in [0.3, 0.4) is 0 Å². The summed E-state index contributed by atoms with van der Waals surface area (Å²) in [6, 6.07) is 7.68. The lowest BCUT2D eigenvalue weighted by atomic mass is 9.94. The van der Waals surface area contributed by atoms with E-state index in [0.717, 1.165) is 42.3 Å². The second-order valence-corrected chi connectivity index (χ2v) is 8.57. The molecule has 0 saturated carbocycles. The molecule has 3 N–H and O–H groups in total. The minimum absolute atomic E-state index is 0.0118. The first-order chi connectivity index (χ1) is 15.4. The third kappa shape index (κ3) is 4.35. The van der Waals surface area contributed by atoms with Crippen LogP contribution in [0.1, 0.15) is 48.2 Å². The summed E-state index contributed by atoms with van der Waals surface area (Å²) in [4.78, 5) is 17.5. The first-order valence-electron chi connectivity index (χ1n) is 11.1. The first-order valence-corrected chi connectivity index (χ1v) is 11.1. The molecule has 3 aromatic rings. The molecule has 0 bridgehead atoms. The summed E-state index contributed by atoms with van der Waals surface area (Å²) in [5, 5.41) is 0.913. The summed E-state index contributed by atoms with van der Waals surface area (Å²) in [5.41, 5.74) is 8.41. The summed E-state index contributed by atoms with van der Waals surface area (Å²) in [6.07, 6.45) is 5.09. The van der Waals surface area contributed by atoms with Crippen LogP contribution in [0, 0.1) is 11.6 Å². The van der Waals surface area contributed by atoms with Crippen LogP contribution in [0.15, 0.2) is 36.5 Å². The summed E-state index contributed by atoms with van der Waals surface area (Å²) < 4.78 is 33.8. The molecule has 1 amide bonds. The van der Waals surface area contributed by atoms with Crippen LogP contribution in [-0.4, -0.2) is 41.0 Å². The fourth-order valence-electron chi connectivity index (χ4n) is 4.78. The fourth-order valence-corrected chi connectivity index (χ4v) is 4.78. The molecule has 0 unspecified atom stereocenters. The quantitative estimate of drug-likeness (QED) is 0.537. The van der Waals surface area contributed by atoms with Gasteiger partial charge in [-0.05, 0) is 75.0 Å². The summed E-state index contributed by atoms with van der Waals surface area (Å²) in [6.45, 7) is 5.50. The van der Waals surface area contributed by atoms with Crippen molar-refractivity contribution in [2.45, 2.75) is 51.6 Å². The SMILES string of the molecule is CCCN([C@H]1COc2c(F)ccc(C(N)=O)c2C1)[C@@H](C)CCc1c[nH]c2ccc(F)cc12. The van der Waals surface area contributed by atoms with Gasteiger partial charge in [0.15, 0.2) is 11.6 Å². The van der Waals surface area contributed by atoms with E-state index in [1.807, 2.05) is 6.20 Å². The smallest absolute Gasteiger partial charge is 0.249 e. The van der Waals surface area contributed by atoms with E-state index in [1.165, 1.54) is 18.2 Å². The number of nitrogens with zero attached hydrogens (tertiary/aromatic N) is 1. The van der Waals surface area contributed by atoms with Crippen molar-refractivity contribution in [3.8, 4) is 5.75 Å². The van der Waals surface area contributed by atoms with Crippen LogP contribution in [0.4, 0.5) is 8.78 Å². The van der Waals surface area contributed by atoms with E-state index in [0.29, 0.717) is 24.2 Å². The maximum Gasteiger partial charge on any atom is 0.249 e. The Kier molecular flexibility index (Phi) is 6.46. The van der Waals surface area contributed by atoms with Gasteiger partial charge in [0, 0.05) is 40.3 Å². The molecule has 0 spiro atoms. The lowest BCUT2D eigenvalue weighted by Crippen LogP contribution is -2.48. The molecule has 7 heteroatoms. The van der Waals surface area contributed by atoms with Crippen LogP contribution in [-0.2, 0) is 12.8 Å². The molecule has 0 saturated heterocycles. The highest BCUT2D eigenvalue weighted by atomic mass is 19.1. The molecule has 5 nitrogen and oxygen atoms in total. The number of hydrogen-bond donors (Lipinski definition) is 2. The Balaban J connectivity index is 1.51. The number of amides is 1. The summed E-state index contributed by atoms with van der Waals surface area (Å²) in [7, 11) is 0. The number of aromatic nitrogens is 1. The van der Waals surface area contributed by atoms with Gasteiger partial charge in [0.25, 0.3) is 0 Å². The molecule has 170 valence electrons. The van der Waals surface area contributed by atoms with Gasteiger partial charge < -0.3 is 15.5 Å². The highest BCUT2D eigenvalue weighted by molar-refractivity contribution is 5.95. The second kappa shape index (κ2) is 9.28. The predicted molar refractivity (Wildman–Crippen MR) is 121 cm³/mol. The van der Waals surface area contributed by atoms with Gasteiger partial charge in [0.05, 0.1) is 0 Å². The Hall–Kier alpha value is -2.93. The summed E-state index contributed by atoms with van der Waals surface area (Å²) in [5.74, 6) is -1.14. The lowest BCUT2D eigenvalue weighted by Gasteiger charge is -2.39. The van der Waals surface area contributed by atoms with Gasteiger partial charge in [0.2, 0.25) is 5.91 Å². The zero-order chi connectivity index (χ0) is 22.8. The predicted octanol–water partition coefficient (Wildman–Crippen LogP) is 4.58. The number of carbonyl (C=O) groups is 1. The van der Waals surface area contributed by atoms with Gasteiger partial charge in [0.1, 0.15) is 12.4 Å². The number of H-pyrrole nitrogens is 1. The van der Waals surface area contributed by atoms with E-state index in [2.05, 4.69) is 23.7 Å². The van der Waals surface area contributed by atoms with E-state index in [1.54, 1.807) is 12.1 Å². The van der Waals surface area contributed by atoms with Gasteiger partial charge in [-0.3, -0.25) is 9.69 Å². The Bertz CT molecular complexity index is 1130. The maximum absolute atomic E-state index is 14.3. The Morgan fingerprint density at radius 3 is 2.88 bits per heavy atom. The monoisotopic (exact) mass is 441 g/mol. The van der Waals surface area contributed by atoms with Gasteiger partial charge in [-0.25, -0.2) is 8.78 Å². The van der Waals surface area contributed by atoms with E-state index in [9.17, 15) is 13.6 Å². The Morgan fingerprint density at radius 2 is 2.12 bits per heavy atom. The molecule has 32 heavy (non-hydrogen) atoms. The standard InChI is InChI=1S/C25H29F2N3O2/c1-3-10-30(15(2)4-5-16-13-29-23-9-6-17(26)11-20(16)23)18-12-21-19(25(28)31)7-8-22(27)24(21)32-14-18/h6-9,11,13,15,18,29H,3-5,10,12,14H2,1-2H3,(H2,28,31)/t15-,18+/m0/s1. The van der Waals surface area contributed by atoms with Crippen molar-refractivity contribution in [2.24, 2.45) is 5.73 Å². The molecule has 0 fully saturated rings. The van der Waals surface area contributed by atoms with Crippen molar-refractivity contribution >= 4 is 16.8 Å². The van der Waals surface area contributed by atoms with Crippen molar-refractivity contribution in [3.05, 3.63) is 64.9 Å². The number of fused-ring (bicyclic) bond motifs is 2. The van der Waals surface area contributed by atoms with Gasteiger partial charge >= 0.3 is 0 Å². The van der Waals surface area contributed by atoms with E-state index in [-0.39, 0.29) is 23.7 Å². The van der Waals surface area contributed by atoms with Crippen molar-refractivity contribution in [3.63, 3.8) is 0 Å². The molecule has 2 atom stereocenters. The molecular formula is C25H29F2N3O2. The molecule has 1 aromatic heterocycles. The van der Waals surface area contributed by atoms with E-state index < -0.39 is 11.7 Å². The zero-order valence-corrected chi connectivity index (χ0v) is 18.5. The third-order valence-corrected chi connectivity index (χ3v) is 6.42. The second-order valence-electron chi connectivity index (χ2n) is 8.57. The average molecular weight is 442 g/mol. The van der Waals surface area contributed by atoms with Crippen LogP contribution < -0.4 is 10.5 Å². The van der Waals surface area contributed by atoms with E-state index in [4.69, 9.17) is 10.5 Å². The van der Waals surface area contributed by atoms with Crippen LogP contribution in [0.25, 0.3) is 10.9 Å². The number of aromatic amines is 1. The van der Waals surface area contributed by atoms with E-state index >= 15 is 0 Å². The van der Waals surface area contributed by atoms with Crippen LogP contribution in [0.5, 0.6) is 5.75 Å². The first kappa shape index (κ1) is 22.3. The number of carbonyl (C=O) groups excluding carboxylic acids is 1. The lowest BCUT2D eigenvalue weighted by molar-refractivity contribution is 0.0794. The molecule has 4 rings (SSSR count). The average Bonchev–Trinajstić information content (AvgIpc) is 3.17. The maximum atomic E-state index is 14.3. The number of ether oxygens (including phenoxy) is 1. The number of nitrogens with two attached hydrogens (primary N) is 1. The highest BCUT2D eigenvalue weighted by Crippen LogP contribution is 2.33. The van der Waals surface area contributed by atoms with Gasteiger partial charge in [-0.15, -0.1) is 0 Å². The number of halogens is 2. The molecule has 2 heterocycles. The molecule has 0 aliphatic carbocycles. The van der Waals surface area contributed by atoms with Crippen molar-refractivity contribution in [1.29, 1.82) is 0 Å². The van der Waals surface area contributed by atoms with Crippen molar-refractivity contribution < 1.29 is 18.3 Å². The zero-order valence-electron chi connectivity index (χ0n) is 18.5. The summed E-state index contributed by atoms with van der Waals surface area (Å²) >= 11 is 0. The van der Waals surface area contributed by atoms with Gasteiger partial charge in [-0.1, -0.05) is 6.92 Å².